The molecule has 0 radical (unpaired) electrons. The lowest BCUT2D eigenvalue weighted by molar-refractivity contribution is -0.122. The first-order chi connectivity index (χ1) is 12.4. The number of rotatable bonds is 3. The highest BCUT2D eigenvalue weighted by molar-refractivity contribution is 7.80. The molecule has 0 spiro atoms. The zero-order chi connectivity index (χ0) is 18.8. The van der Waals surface area contributed by atoms with Crippen molar-refractivity contribution >= 4 is 52.5 Å². The smallest absolute Gasteiger partial charge is 0.270 e. The second-order valence-electron chi connectivity index (χ2n) is 5.68. The zero-order valence-corrected chi connectivity index (χ0v) is 15.6. The molecule has 5 nitrogen and oxygen atoms in total. The van der Waals surface area contributed by atoms with Crippen molar-refractivity contribution in [1.82, 2.24) is 5.32 Å². The molecular weight excluding hydrogens is 372 g/mol. The lowest BCUT2D eigenvalue weighted by Crippen LogP contribution is -2.54. The third kappa shape index (κ3) is 3.47. The number of hydrogen-bond donors (Lipinski definition) is 1. The van der Waals surface area contributed by atoms with Gasteiger partial charge in [0.15, 0.2) is 5.11 Å². The number of thiocarbonyl (C=S) groups is 1. The predicted molar refractivity (Wildman–Crippen MR) is 105 cm³/mol. The van der Waals surface area contributed by atoms with Crippen LogP contribution in [0.2, 0.25) is 5.02 Å². The zero-order valence-electron chi connectivity index (χ0n) is 14.1. The number of anilines is 1. The molecule has 0 atom stereocenters. The Bertz CT molecular complexity index is 938. The lowest BCUT2D eigenvalue weighted by atomic mass is 10.1. The predicted octanol–water partition coefficient (Wildman–Crippen LogP) is 3.49. The second kappa shape index (κ2) is 7.27. The van der Waals surface area contributed by atoms with Gasteiger partial charge in [-0.15, -0.1) is 0 Å². The van der Waals surface area contributed by atoms with Gasteiger partial charge in [0, 0.05) is 10.6 Å². The van der Waals surface area contributed by atoms with Crippen molar-refractivity contribution in [1.29, 1.82) is 0 Å². The van der Waals surface area contributed by atoms with Crippen molar-refractivity contribution in [3.05, 3.63) is 64.2 Å². The molecule has 0 unspecified atom stereocenters. The molecule has 2 aromatic rings. The molecule has 3 rings (SSSR count). The number of ether oxygens (including phenoxy) is 1. The number of hydrogen-bond acceptors (Lipinski definition) is 4. The lowest BCUT2D eigenvalue weighted by Gasteiger charge is -2.29. The summed E-state index contributed by atoms with van der Waals surface area (Å²) in [6.45, 7) is 1.94. The van der Waals surface area contributed by atoms with Crippen LogP contribution in [0, 0.1) is 6.92 Å². The summed E-state index contributed by atoms with van der Waals surface area (Å²) in [7, 11) is 1.50. The van der Waals surface area contributed by atoms with E-state index in [0.29, 0.717) is 22.0 Å². The van der Waals surface area contributed by atoms with Gasteiger partial charge < -0.3 is 4.74 Å². The van der Waals surface area contributed by atoms with Crippen LogP contribution in [-0.2, 0) is 9.59 Å². The molecule has 1 saturated heterocycles. The summed E-state index contributed by atoms with van der Waals surface area (Å²) in [5.74, 6) is -0.576. The number of benzene rings is 2. The van der Waals surface area contributed by atoms with E-state index in [-0.39, 0.29) is 10.7 Å². The van der Waals surface area contributed by atoms with E-state index in [2.05, 4.69) is 5.32 Å². The van der Waals surface area contributed by atoms with Gasteiger partial charge in [-0.25, -0.2) is 0 Å². The Morgan fingerprint density at radius 1 is 1.15 bits per heavy atom. The average molecular weight is 387 g/mol. The van der Waals surface area contributed by atoms with Crippen molar-refractivity contribution in [2.45, 2.75) is 6.92 Å². The van der Waals surface area contributed by atoms with Crippen molar-refractivity contribution in [2.75, 3.05) is 12.0 Å². The fraction of sp³-hybridized carbons (Fsp3) is 0.105. The summed E-state index contributed by atoms with van der Waals surface area (Å²) in [5.41, 5.74) is 2.09. The van der Waals surface area contributed by atoms with Gasteiger partial charge in [-0.3, -0.25) is 19.8 Å². The summed E-state index contributed by atoms with van der Waals surface area (Å²) in [6, 6.07) is 12.2. The Morgan fingerprint density at radius 2 is 1.85 bits per heavy atom. The maximum atomic E-state index is 13.0. The first kappa shape index (κ1) is 18.1. The Hall–Kier alpha value is -2.70. The molecule has 2 aromatic carbocycles. The third-order valence-electron chi connectivity index (χ3n) is 3.89. The van der Waals surface area contributed by atoms with Gasteiger partial charge >= 0.3 is 0 Å². The van der Waals surface area contributed by atoms with Crippen molar-refractivity contribution in [3.63, 3.8) is 0 Å². The number of halogens is 1. The maximum Gasteiger partial charge on any atom is 0.270 e. The summed E-state index contributed by atoms with van der Waals surface area (Å²) < 4.78 is 5.27. The monoisotopic (exact) mass is 386 g/mol. The van der Waals surface area contributed by atoms with E-state index in [1.807, 2.05) is 19.1 Å². The van der Waals surface area contributed by atoms with E-state index >= 15 is 0 Å². The van der Waals surface area contributed by atoms with E-state index in [9.17, 15) is 9.59 Å². The maximum absolute atomic E-state index is 13.0. The molecule has 2 amide bonds. The number of carbonyl (C=O) groups is 2. The summed E-state index contributed by atoms with van der Waals surface area (Å²) in [5, 5.41) is 3.06. The molecule has 26 heavy (non-hydrogen) atoms. The number of nitrogens with one attached hydrogen (secondary N) is 1. The van der Waals surface area contributed by atoms with Crippen LogP contribution < -0.4 is 15.0 Å². The number of nitrogens with zero attached hydrogens (tertiary/aromatic N) is 1. The SMILES string of the molecule is COc1ccc(Cl)cc1/C=C1\C(=O)NC(=S)N(c2ccc(C)cc2)C1=O. The molecule has 0 saturated carbocycles. The number of amides is 2. The van der Waals surface area contributed by atoms with Crippen LogP contribution in [0.3, 0.4) is 0 Å². The van der Waals surface area contributed by atoms with Crippen LogP contribution in [0.4, 0.5) is 5.69 Å². The Kier molecular flexibility index (Phi) is 5.06. The molecular formula is C19H15ClN2O3S. The minimum atomic E-state index is -0.564. The standard InChI is InChI=1S/C19H15ClN2O3S/c1-11-3-6-14(7-4-11)22-18(24)15(17(23)21-19(22)26)10-12-9-13(20)5-8-16(12)25-2/h3-10H,1-2H3,(H,21,23,26)/b15-10+. The number of methoxy groups -OCH3 is 1. The van der Waals surface area contributed by atoms with Crippen molar-refractivity contribution in [2.24, 2.45) is 0 Å². The van der Waals surface area contributed by atoms with Gasteiger partial charge in [-0.05, 0) is 55.5 Å². The molecule has 1 aliphatic rings. The molecule has 1 aliphatic heterocycles. The van der Waals surface area contributed by atoms with Crippen molar-refractivity contribution < 1.29 is 14.3 Å². The topological polar surface area (TPSA) is 58.6 Å². The molecule has 7 heteroatoms. The number of aryl methyl sites for hydroxylation is 1. The summed E-state index contributed by atoms with van der Waals surface area (Å²) in [4.78, 5) is 26.6. The second-order valence-corrected chi connectivity index (χ2v) is 6.50. The minimum absolute atomic E-state index is 0.0408. The van der Waals surface area contributed by atoms with Gasteiger partial charge in [0.2, 0.25) is 0 Å². The molecule has 0 aliphatic carbocycles. The fourth-order valence-electron chi connectivity index (χ4n) is 2.56. The summed E-state index contributed by atoms with van der Waals surface area (Å²) >= 11 is 11.2. The first-order valence-electron chi connectivity index (χ1n) is 7.72. The molecule has 1 N–H and O–H groups in total. The summed E-state index contributed by atoms with van der Waals surface area (Å²) in [6.07, 6.45) is 1.45. The van der Waals surface area contributed by atoms with Crippen LogP contribution in [-0.4, -0.2) is 24.0 Å². The van der Waals surface area contributed by atoms with Crippen LogP contribution in [0.15, 0.2) is 48.0 Å². The van der Waals surface area contributed by atoms with E-state index in [4.69, 9.17) is 28.6 Å². The molecule has 132 valence electrons. The van der Waals surface area contributed by atoms with Crippen LogP contribution >= 0.6 is 23.8 Å². The fourth-order valence-corrected chi connectivity index (χ4v) is 3.02. The van der Waals surface area contributed by atoms with Gasteiger partial charge in [0.05, 0.1) is 12.8 Å². The van der Waals surface area contributed by atoms with Gasteiger partial charge in [0.25, 0.3) is 11.8 Å². The van der Waals surface area contributed by atoms with Crippen LogP contribution in [0.1, 0.15) is 11.1 Å². The van der Waals surface area contributed by atoms with Crippen LogP contribution in [0.5, 0.6) is 5.75 Å². The highest BCUT2D eigenvalue weighted by Crippen LogP contribution is 2.27. The van der Waals surface area contributed by atoms with E-state index in [0.717, 1.165) is 5.56 Å². The highest BCUT2D eigenvalue weighted by Gasteiger charge is 2.34. The quantitative estimate of drug-likeness (QED) is 0.498. The van der Waals surface area contributed by atoms with Gasteiger partial charge in [-0.1, -0.05) is 29.3 Å². The third-order valence-corrected chi connectivity index (χ3v) is 4.41. The van der Waals surface area contributed by atoms with Gasteiger partial charge in [0.1, 0.15) is 11.3 Å². The van der Waals surface area contributed by atoms with E-state index in [1.165, 1.54) is 18.1 Å². The number of carbonyl (C=O) groups excluding carboxylic acids is 2. The largest absolute Gasteiger partial charge is 0.496 e. The van der Waals surface area contributed by atoms with Crippen LogP contribution in [0.25, 0.3) is 6.08 Å². The Balaban J connectivity index is 2.06. The van der Waals surface area contributed by atoms with E-state index < -0.39 is 11.8 Å². The molecule has 1 fully saturated rings. The van der Waals surface area contributed by atoms with Crippen molar-refractivity contribution in [3.8, 4) is 5.75 Å². The highest BCUT2D eigenvalue weighted by atomic mass is 35.5. The van der Waals surface area contributed by atoms with Gasteiger partial charge in [-0.2, -0.15) is 0 Å². The minimum Gasteiger partial charge on any atom is -0.496 e. The molecule has 0 bridgehead atoms. The Labute approximate surface area is 161 Å². The first-order valence-corrected chi connectivity index (χ1v) is 8.51. The normalized spacial score (nSPS) is 16.0. The molecule has 0 aromatic heterocycles. The molecule has 1 heterocycles. The van der Waals surface area contributed by atoms with E-state index in [1.54, 1.807) is 30.3 Å². The Morgan fingerprint density at radius 3 is 2.50 bits per heavy atom. The average Bonchev–Trinajstić information content (AvgIpc) is 2.60.